The van der Waals surface area contributed by atoms with E-state index in [1.165, 1.54) is 36.8 Å². The molecule has 30 heteroatoms. The molecule has 8 N–H and O–H groups in total. The van der Waals surface area contributed by atoms with Crippen LogP contribution in [-0.4, -0.2) is 295 Å². The fourth-order valence-corrected chi connectivity index (χ4v) is 12.8. The maximum Gasteiger partial charge on any atom is 0.317 e. The number of rotatable bonds is 36. The van der Waals surface area contributed by atoms with Crippen molar-refractivity contribution in [2.75, 3.05) is 154 Å². The number of aliphatic hydroxyl groups excluding tert-OH is 1. The largest absolute Gasteiger partial charge is 0.494 e. The number of carbonyl (C=O) groups is 9. The number of nitrogens with one attached hydrogen (secondary N) is 4. The van der Waals surface area contributed by atoms with Crippen LogP contribution in [0.3, 0.4) is 0 Å². The van der Waals surface area contributed by atoms with Crippen molar-refractivity contribution < 1.29 is 77.1 Å². The van der Waals surface area contributed by atoms with Crippen LogP contribution in [0.4, 0.5) is 14.5 Å². The summed E-state index contributed by atoms with van der Waals surface area (Å²) in [5.74, 6) is -7.32. The number of nitrogens with zero attached hydrogens (tertiary/aromatic N) is 8. The standard InChI is InChI=1S/C64H94F2N12O14S2/c1-5-50(61(89)71-37-57(82)78-44-64(65,66)35-48(78)36-67-3)51-34-49(15-16-52(51)68-4)92-31-7-9-47-17-21-77(22-18-47)63(91)54(79)43-94-33-20-70-62(90)53(42-93-32-19-69-55(80)10-6-8-46-13-11-45(2)12-14-46)72-56(81)38-73-23-25-74(39-58(83)84)27-29-76(41-60(87)88)30-28-75(26-24-73)40-59(85)86/h5,11-16,34,36,47-48,53-54,79H,4,6-10,17-33,35,37-44H2,1-3H3,(H,69,80)(H,70,90)(H,71,89)(H,72,81)(H,83,84)(H,85,86)(H,87,88)/b50-5+,67-36?/t48-,53?,54-/m1/s1. The minimum atomic E-state index is -3.07. The van der Waals surface area contributed by atoms with Crippen LogP contribution in [0.2, 0.25) is 0 Å². The molecule has 0 saturated carbocycles. The summed E-state index contributed by atoms with van der Waals surface area (Å²) < 4.78 is 34.4. The second-order valence-electron chi connectivity index (χ2n) is 23.6. The summed E-state index contributed by atoms with van der Waals surface area (Å²) in [5.41, 5.74) is 3.29. The first-order chi connectivity index (χ1) is 44.9. The molecule has 0 bridgehead atoms. The summed E-state index contributed by atoms with van der Waals surface area (Å²) in [6, 6.07) is 11.3. The van der Waals surface area contributed by atoms with Crippen LogP contribution >= 0.6 is 23.5 Å². The number of piperidine rings is 1. The van der Waals surface area contributed by atoms with E-state index >= 15 is 0 Å². The van der Waals surface area contributed by atoms with Crippen molar-refractivity contribution in [2.45, 2.75) is 89.3 Å². The molecule has 0 aliphatic carbocycles. The third kappa shape index (κ3) is 28.5. The topological polar surface area (TPSA) is 336 Å². The summed E-state index contributed by atoms with van der Waals surface area (Å²) in [6.45, 7) is 8.15. The third-order valence-corrected chi connectivity index (χ3v) is 18.3. The number of aliphatic imine (C=N–C) groups is 2. The quantitative estimate of drug-likeness (QED) is 0.0275. The fraction of sp³-hybridized carbons (Fsp3) is 0.609. The van der Waals surface area contributed by atoms with Crippen molar-refractivity contribution >= 4 is 101 Å². The molecule has 94 heavy (non-hydrogen) atoms. The number of alkyl halides is 2. The zero-order valence-corrected chi connectivity index (χ0v) is 55.8. The minimum Gasteiger partial charge on any atom is -0.494 e. The van der Waals surface area contributed by atoms with E-state index in [2.05, 4.69) is 38.0 Å². The Morgan fingerprint density at radius 2 is 1.33 bits per heavy atom. The molecule has 0 spiro atoms. The molecule has 3 atom stereocenters. The van der Waals surface area contributed by atoms with Gasteiger partial charge in [0.05, 0.1) is 57.6 Å². The Kier molecular flexibility index (Phi) is 33.9. The molecule has 3 fully saturated rings. The van der Waals surface area contributed by atoms with Gasteiger partial charge in [-0.1, -0.05) is 35.9 Å². The molecular weight excluding hydrogens is 1260 g/mol. The molecule has 520 valence electrons. The number of aliphatic hydroxyl groups is 1. The molecule has 3 aliphatic rings. The Morgan fingerprint density at radius 1 is 0.755 bits per heavy atom. The molecule has 2 aromatic carbocycles. The lowest BCUT2D eigenvalue weighted by atomic mass is 9.92. The number of benzene rings is 2. The maximum atomic E-state index is 14.2. The fourth-order valence-electron chi connectivity index (χ4n) is 11.2. The average Bonchev–Trinajstić information content (AvgIpc) is 1.55. The van der Waals surface area contributed by atoms with Crippen molar-refractivity contribution in [2.24, 2.45) is 15.9 Å². The van der Waals surface area contributed by atoms with E-state index in [1.54, 1.807) is 55.7 Å². The summed E-state index contributed by atoms with van der Waals surface area (Å²) >= 11 is 2.63. The Morgan fingerprint density at radius 3 is 1.89 bits per heavy atom. The monoisotopic (exact) mass is 1360 g/mol. The van der Waals surface area contributed by atoms with Crippen molar-refractivity contribution in [1.29, 1.82) is 0 Å². The van der Waals surface area contributed by atoms with Crippen molar-refractivity contribution in [3.8, 4) is 5.75 Å². The summed E-state index contributed by atoms with van der Waals surface area (Å²) in [6.07, 6.45) is 5.75. The van der Waals surface area contributed by atoms with Crippen molar-refractivity contribution in [3.63, 3.8) is 0 Å². The zero-order chi connectivity index (χ0) is 68.6. The number of aryl methyl sites for hydroxylation is 2. The van der Waals surface area contributed by atoms with Gasteiger partial charge in [-0.2, -0.15) is 23.5 Å². The molecule has 3 aliphatic heterocycles. The van der Waals surface area contributed by atoms with Crippen LogP contribution in [0.5, 0.6) is 5.75 Å². The van der Waals surface area contributed by atoms with Crippen molar-refractivity contribution in [1.82, 2.24) is 50.7 Å². The molecule has 3 heterocycles. The summed E-state index contributed by atoms with van der Waals surface area (Å²) in [7, 11) is 1.44. The van der Waals surface area contributed by atoms with Crippen LogP contribution in [0.1, 0.15) is 68.6 Å². The van der Waals surface area contributed by atoms with Gasteiger partial charge in [-0.05, 0) is 88.8 Å². The first-order valence-electron chi connectivity index (χ1n) is 31.8. The number of halogens is 2. The van der Waals surface area contributed by atoms with Crippen molar-refractivity contribution in [3.05, 3.63) is 65.2 Å². The Labute approximate surface area is 557 Å². The van der Waals surface area contributed by atoms with E-state index in [0.717, 1.165) is 41.7 Å². The predicted octanol–water partition coefficient (Wildman–Crippen LogP) is 2.22. The lowest BCUT2D eigenvalue weighted by Crippen LogP contribution is -2.53. The Bertz CT molecular complexity index is 2870. The second-order valence-corrected chi connectivity index (χ2v) is 25.9. The zero-order valence-electron chi connectivity index (χ0n) is 54.2. The molecule has 5 rings (SSSR count). The minimum absolute atomic E-state index is 0.0768. The number of allylic oxidation sites excluding steroid dienone is 1. The van der Waals surface area contributed by atoms with Gasteiger partial charge in [-0.25, -0.2) is 8.78 Å². The van der Waals surface area contributed by atoms with E-state index < -0.39 is 85.2 Å². The number of carboxylic acid groups (broad SMARTS) is 3. The van der Waals surface area contributed by atoms with Crippen LogP contribution in [-0.2, 0) is 49.6 Å². The molecule has 0 aromatic heterocycles. The SMILES string of the molecule is C=Nc1ccc(OCCCC2CCN(C(=O)[C@H](O)CSCCNC(=O)C(CSCCNC(=O)CCCc3ccc(C)cc3)NC(=O)CN3CCN(CC(=O)O)CCN(CC(=O)O)CCN(CC(=O)O)CC3)CC2)cc1/C(=C\C)C(=O)NCC(=O)N1CC(F)(F)C[C@@H]1C=NC. The molecule has 3 saturated heterocycles. The van der Waals surface area contributed by atoms with Crippen LogP contribution in [0.25, 0.3) is 5.57 Å². The third-order valence-electron chi connectivity index (χ3n) is 16.2. The number of carbonyl (C=O) groups excluding carboxylic acids is 6. The van der Waals surface area contributed by atoms with Crippen LogP contribution in [0.15, 0.2) is 58.5 Å². The number of aliphatic carboxylic acids is 3. The highest BCUT2D eigenvalue weighted by molar-refractivity contribution is 7.99. The van der Waals surface area contributed by atoms with Gasteiger partial charge in [0.1, 0.15) is 17.9 Å². The molecular formula is C64H94F2N12O14S2. The normalized spacial score (nSPS) is 18.1. The second kappa shape index (κ2) is 41.0. The van der Waals surface area contributed by atoms with Gasteiger partial charge >= 0.3 is 17.9 Å². The number of thioether (sulfide) groups is 2. The van der Waals surface area contributed by atoms with E-state index in [1.807, 2.05) is 31.2 Å². The molecule has 1 unspecified atom stereocenters. The lowest BCUT2D eigenvalue weighted by molar-refractivity contribution is -0.140. The number of hydrogen-bond donors (Lipinski definition) is 8. The smallest absolute Gasteiger partial charge is 0.317 e. The van der Waals surface area contributed by atoms with Crippen LogP contribution in [0, 0.1) is 12.8 Å². The Balaban J connectivity index is 1.07. The highest BCUT2D eigenvalue weighted by Gasteiger charge is 2.46. The van der Waals surface area contributed by atoms with Gasteiger partial charge in [0.2, 0.25) is 23.6 Å². The summed E-state index contributed by atoms with van der Waals surface area (Å²) in [4.78, 5) is 133. The van der Waals surface area contributed by atoms with E-state index in [0.29, 0.717) is 79.9 Å². The van der Waals surface area contributed by atoms with E-state index in [9.17, 15) is 72.4 Å². The van der Waals surface area contributed by atoms with Gasteiger partial charge in [-0.3, -0.25) is 72.7 Å². The van der Waals surface area contributed by atoms with E-state index in [-0.39, 0.29) is 114 Å². The molecule has 26 nitrogen and oxygen atoms in total. The Hall–Kier alpha value is -7.09. The molecule has 6 amide bonds. The number of likely N-dealkylation sites (tertiary alicyclic amines) is 2. The average molecular weight is 1360 g/mol. The number of amides is 6. The number of hydrogen-bond acceptors (Lipinski definition) is 19. The van der Waals surface area contributed by atoms with Gasteiger partial charge in [0.25, 0.3) is 17.7 Å². The predicted molar refractivity (Wildman–Crippen MR) is 357 cm³/mol. The van der Waals surface area contributed by atoms with E-state index in [4.69, 9.17) is 4.74 Å². The molecule has 0 radical (unpaired) electrons. The number of carboxylic acids is 3. The van der Waals surface area contributed by atoms with Gasteiger partial charge in [0, 0.05) is 139 Å². The van der Waals surface area contributed by atoms with Gasteiger partial charge < -0.3 is 56.2 Å². The number of ether oxygens (including phenoxy) is 1. The maximum absolute atomic E-state index is 14.2. The van der Waals surface area contributed by atoms with Crippen LogP contribution < -0.4 is 26.0 Å². The van der Waals surface area contributed by atoms with Gasteiger partial charge in [-0.15, -0.1) is 0 Å². The first-order valence-corrected chi connectivity index (χ1v) is 34.1. The highest BCUT2D eigenvalue weighted by Crippen LogP contribution is 2.33. The first kappa shape index (κ1) is 77.6. The lowest BCUT2D eigenvalue weighted by Gasteiger charge is -2.33. The molecule has 2 aromatic rings. The van der Waals surface area contributed by atoms with Gasteiger partial charge in [0.15, 0.2) is 0 Å². The highest BCUT2D eigenvalue weighted by atomic mass is 32.2. The summed E-state index contributed by atoms with van der Waals surface area (Å²) in [5, 5.41) is 51.0.